The zero-order valence-electron chi connectivity index (χ0n) is 16.1. The Morgan fingerprint density at radius 2 is 1.96 bits per heavy atom. The molecular weight excluding hydrogens is 364 g/mol. The van der Waals surface area contributed by atoms with Gasteiger partial charge in [-0.2, -0.15) is 0 Å². The van der Waals surface area contributed by atoms with Gasteiger partial charge in [-0.1, -0.05) is 25.7 Å². The molecule has 27 heavy (non-hydrogen) atoms. The number of pyridine rings is 1. The highest BCUT2D eigenvalue weighted by Crippen LogP contribution is 2.20. The Bertz CT molecular complexity index is 546. The monoisotopic (exact) mass is 396 g/mol. The van der Waals surface area contributed by atoms with Crippen LogP contribution in [0.25, 0.3) is 0 Å². The van der Waals surface area contributed by atoms with Crippen LogP contribution in [0.2, 0.25) is 0 Å². The van der Waals surface area contributed by atoms with Crippen LogP contribution in [-0.2, 0) is 4.84 Å². The van der Waals surface area contributed by atoms with E-state index in [1.54, 1.807) is 12.4 Å². The zero-order chi connectivity index (χ0) is 18.0. The third kappa shape index (κ3) is 7.74. The van der Waals surface area contributed by atoms with Gasteiger partial charge in [0.1, 0.15) is 6.61 Å². The second-order valence-electron chi connectivity index (χ2n) is 7.44. The number of halogens is 1. The van der Waals surface area contributed by atoms with E-state index in [-0.39, 0.29) is 19.0 Å². The van der Waals surface area contributed by atoms with Crippen molar-refractivity contribution in [2.24, 2.45) is 4.99 Å². The van der Waals surface area contributed by atoms with Crippen molar-refractivity contribution in [2.75, 3.05) is 26.2 Å². The minimum atomic E-state index is -0.495. The topological polar surface area (TPSA) is 70.0 Å². The van der Waals surface area contributed by atoms with Gasteiger partial charge >= 0.3 is 0 Å². The highest BCUT2D eigenvalue weighted by molar-refractivity contribution is 5.97. The lowest BCUT2D eigenvalue weighted by atomic mass is 9.96. The number of amidine groups is 1. The minimum absolute atomic E-state index is 0. The van der Waals surface area contributed by atoms with Crippen LogP contribution in [0.1, 0.15) is 56.9 Å². The van der Waals surface area contributed by atoms with Crippen molar-refractivity contribution in [2.45, 2.75) is 63.5 Å². The van der Waals surface area contributed by atoms with Gasteiger partial charge in [0.15, 0.2) is 5.84 Å². The molecular formula is C20H33ClN4O2. The summed E-state index contributed by atoms with van der Waals surface area (Å²) >= 11 is 0. The highest BCUT2D eigenvalue weighted by atomic mass is 35.5. The van der Waals surface area contributed by atoms with E-state index in [9.17, 15) is 5.11 Å². The Hall–Kier alpha value is -1.21. The van der Waals surface area contributed by atoms with Crippen molar-refractivity contribution in [3.8, 4) is 0 Å². The molecule has 7 heteroatoms. The molecule has 152 valence electrons. The molecule has 6 nitrogen and oxygen atoms in total. The molecule has 2 aliphatic rings. The van der Waals surface area contributed by atoms with Gasteiger partial charge in [0.05, 0.1) is 12.1 Å². The number of likely N-dealkylation sites (tertiary alicyclic amines) is 1. The number of nitrogens with one attached hydrogen (secondary N) is 1. The molecule has 2 heterocycles. The number of piperidine rings is 1. The number of β-amino-alcohol motifs (C(OH)–C–C–N with tert-alkyl or cyclic N) is 1. The maximum absolute atomic E-state index is 10.2. The number of nitrogens with zero attached hydrogens (tertiary/aromatic N) is 3. The molecule has 0 aromatic carbocycles. The fraction of sp³-hybridized carbons (Fsp3) is 0.700. The van der Waals surface area contributed by atoms with Crippen LogP contribution in [0.3, 0.4) is 0 Å². The summed E-state index contributed by atoms with van der Waals surface area (Å²) in [7, 11) is 0. The van der Waals surface area contributed by atoms with Gasteiger partial charge < -0.3 is 10.0 Å². The highest BCUT2D eigenvalue weighted by Gasteiger charge is 2.17. The van der Waals surface area contributed by atoms with Crippen molar-refractivity contribution in [1.82, 2.24) is 15.4 Å². The number of hydrogen-bond donors (Lipinski definition) is 2. The van der Waals surface area contributed by atoms with Crippen LogP contribution in [0.4, 0.5) is 0 Å². The zero-order valence-corrected chi connectivity index (χ0v) is 16.9. The van der Waals surface area contributed by atoms with Crippen molar-refractivity contribution < 1.29 is 9.94 Å². The molecule has 1 aliphatic carbocycles. The molecule has 0 amide bonds. The smallest absolute Gasteiger partial charge is 0.154 e. The molecule has 2 fully saturated rings. The first-order chi connectivity index (χ1) is 12.8. The maximum atomic E-state index is 10.2. The summed E-state index contributed by atoms with van der Waals surface area (Å²) in [6, 6.07) is 4.22. The van der Waals surface area contributed by atoms with E-state index >= 15 is 0 Å². The molecule has 0 radical (unpaired) electrons. The summed E-state index contributed by atoms with van der Waals surface area (Å²) in [4.78, 5) is 17.0. The third-order valence-electron chi connectivity index (χ3n) is 5.18. The van der Waals surface area contributed by atoms with Gasteiger partial charge in [-0.05, 0) is 50.9 Å². The summed E-state index contributed by atoms with van der Waals surface area (Å²) in [5, 5.41) is 10.2. The van der Waals surface area contributed by atoms with E-state index < -0.39 is 6.10 Å². The van der Waals surface area contributed by atoms with E-state index in [1.807, 2.05) is 12.1 Å². The van der Waals surface area contributed by atoms with Crippen LogP contribution in [-0.4, -0.2) is 59.2 Å². The van der Waals surface area contributed by atoms with Crippen molar-refractivity contribution in [1.29, 1.82) is 0 Å². The predicted molar refractivity (Wildman–Crippen MR) is 110 cm³/mol. The Morgan fingerprint density at radius 3 is 2.67 bits per heavy atom. The lowest BCUT2D eigenvalue weighted by Crippen LogP contribution is -2.39. The molecule has 1 atom stereocenters. The Labute approximate surface area is 168 Å². The second-order valence-corrected chi connectivity index (χ2v) is 7.44. The molecule has 1 saturated heterocycles. The van der Waals surface area contributed by atoms with Gasteiger partial charge in [-0.3, -0.25) is 14.8 Å². The fourth-order valence-corrected chi connectivity index (χ4v) is 3.75. The lowest BCUT2D eigenvalue weighted by Gasteiger charge is -2.28. The Kier molecular flexibility index (Phi) is 10.1. The van der Waals surface area contributed by atoms with Crippen LogP contribution < -0.4 is 5.48 Å². The molecule has 0 spiro atoms. The van der Waals surface area contributed by atoms with Gasteiger partial charge in [-0.25, -0.2) is 5.48 Å². The first-order valence-corrected chi connectivity index (χ1v) is 10.1. The standard InChI is InChI=1S/C20H32N4O2.ClH/c25-19(15-24-12-5-2-6-13-24)16-26-23-20(17-8-7-11-21-14-17)22-18-9-3-1-4-10-18;/h7-8,11,14,18-19,25H,1-6,9-10,12-13,15-16H2,(H,22,23);1H. The molecule has 1 aliphatic heterocycles. The average molecular weight is 397 g/mol. The van der Waals surface area contributed by atoms with Gasteiger partial charge in [-0.15, -0.1) is 12.4 Å². The number of hydrogen-bond acceptors (Lipinski definition) is 5. The van der Waals surface area contributed by atoms with Crippen LogP contribution >= 0.6 is 12.4 Å². The second kappa shape index (κ2) is 12.3. The summed E-state index contributed by atoms with van der Waals surface area (Å²) in [6.07, 6.45) is 12.9. The fourth-order valence-electron chi connectivity index (χ4n) is 3.75. The van der Waals surface area contributed by atoms with Crippen molar-refractivity contribution in [3.05, 3.63) is 30.1 Å². The maximum Gasteiger partial charge on any atom is 0.154 e. The average Bonchev–Trinajstić information content (AvgIpc) is 2.69. The third-order valence-corrected chi connectivity index (χ3v) is 5.18. The quantitative estimate of drug-likeness (QED) is 0.421. The number of aliphatic hydroxyl groups is 1. The van der Waals surface area contributed by atoms with Gasteiger partial charge in [0, 0.05) is 24.5 Å². The molecule has 1 aromatic rings. The van der Waals surface area contributed by atoms with Crippen LogP contribution in [0.5, 0.6) is 0 Å². The van der Waals surface area contributed by atoms with E-state index in [2.05, 4.69) is 15.4 Å². The molecule has 0 bridgehead atoms. The number of rotatable bonds is 7. The number of aliphatic imine (C=N–C) groups is 1. The van der Waals surface area contributed by atoms with E-state index in [1.165, 1.54) is 38.5 Å². The number of hydroxylamine groups is 1. The molecule has 1 saturated carbocycles. The van der Waals surface area contributed by atoms with Crippen molar-refractivity contribution in [3.63, 3.8) is 0 Å². The molecule has 3 rings (SSSR count). The first-order valence-electron chi connectivity index (χ1n) is 10.1. The Balaban J connectivity index is 0.00000261. The minimum Gasteiger partial charge on any atom is -0.389 e. The van der Waals surface area contributed by atoms with E-state index in [4.69, 9.17) is 9.83 Å². The molecule has 2 N–H and O–H groups in total. The molecule has 1 unspecified atom stereocenters. The lowest BCUT2D eigenvalue weighted by molar-refractivity contribution is -0.00946. The normalized spacial score (nSPS) is 20.7. The summed E-state index contributed by atoms with van der Waals surface area (Å²) in [5.41, 5.74) is 3.90. The number of aromatic nitrogens is 1. The predicted octanol–water partition coefficient (Wildman–Crippen LogP) is 2.95. The Morgan fingerprint density at radius 1 is 1.22 bits per heavy atom. The summed E-state index contributed by atoms with van der Waals surface area (Å²) in [6.45, 7) is 3.08. The summed E-state index contributed by atoms with van der Waals surface area (Å²) in [5.74, 6) is 0.718. The SMILES string of the molecule is Cl.OC(CONC(=NC1CCCCC1)c1cccnc1)CN1CCCCC1. The van der Waals surface area contributed by atoms with E-state index in [0.717, 1.165) is 37.3 Å². The van der Waals surface area contributed by atoms with E-state index in [0.29, 0.717) is 12.6 Å². The largest absolute Gasteiger partial charge is 0.389 e. The summed E-state index contributed by atoms with van der Waals surface area (Å²) < 4.78 is 0. The van der Waals surface area contributed by atoms with Gasteiger partial charge in [0.25, 0.3) is 0 Å². The van der Waals surface area contributed by atoms with Gasteiger partial charge in [0.2, 0.25) is 0 Å². The first kappa shape index (κ1) is 22.1. The molecule has 1 aromatic heterocycles. The van der Waals surface area contributed by atoms with Crippen LogP contribution in [0.15, 0.2) is 29.5 Å². The van der Waals surface area contributed by atoms with Crippen LogP contribution in [0, 0.1) is 0 Å². The van der Waals surface area contributed by atoms with Crippen molar-refractivity contribution >= 4 is 18.2 Å². The number of aliphatic hydroxyl groups excluding tert-OH is 1.